The van der Waals surface area contributed by atoms with E-state index in [0.717, 1.165) is 32.1 Å². The number of aliphatic hydroxyl groups is 1. The first kappa shape index (κ1) is 17.0. The van der Waals surface area contributed by atoms with Gasteiger partial charge in [0, 0.05) is 18.3 Å². The standard InChI is InChI=1S/C18H32O3/c1-12(17(3,4)20)11-21-13(2)14-8-9-15-16(19)7-6-10-18(14,15)5/h12-15,20H,6-11H2,1-5H3. The van der Waals surface area contributed by atoms with Gasteiger partial charge in [-0.1, -0.05) is 13.8 Å². The molecule has 0 radical (unpaired) electrons. The van der Waals surface area contributed by atoms with Gasteiger partial charge in [0.15, 0.2) is 0 Å². The highest BCUT2D eigenvalue weighted by Crippen LogP contribution is 2.55. The van der Waals surface area contributed by atoms with Crippen molar-refractivity contribution in [3.05, 3.63) is 0 Å². The molecule has 3 nitrogen and oxygen atoms in total. The molecule has 0 heterocycles. The van der Waals surface area contributed by atoms with Crippen LogP contribution in [0.5, 0.6) is 0 Å². The maximum atomic E-state index is 12.2. The SMILES string of the molecule is CC(OCC(C)C(C)(C)O)C1CCC2C(=O)CCCC21C. The molecule has 1 N–H and O–H groups in total. The average molecular weight is 296 g/mol. The summed E-state index contributed by atoms with van der Waals surface area (Å²) in [7, 11) is 0. The molecule has 0 aromatic rings. The number of ether oxygens (including phenoxy) is 1. The Kier molecular flexibility index (Phi) is 4.84. The summed E-state index contributed by atoms with van der Waals surface area (Å²) >= 11 is 0. The summed E-state index contributed by atoms with van der Waals surface area (Å²) in [6, 6.07) is 0. The molecule has 0 spiro atoms. The molecule has 2 rings (SSSR count). The highest BCUT2D eigenvalue weighted by atomic mass is 16.5. The van der Waals surface area contributed by atoms with Gasteiger partial charge in [0.25, 0.3) is 0 Å². The Bertz CT molecular complexity index is 384. The van der Waals surface area contributed by atoms with Gasteiger partial charge >= 0.3 is 0 Å². The Morgan fingerprint density at radius 1 is 1.38 bits per heavy atom. The molecule has 2 fully saturated rings. The highest BCUT2D eigenvalue weighted by Gasteiger charge is 2.52. The summed E-state index contributed by atoms with van der Waals surface area (Å²) in [5.41, 5.74) is -0.574. The van der Waals surface area contributed by atoms with Gasteiger partial charge in [-0.3, -0.25) is 4.79 Å². The number of hydrogen-bond acceptors (Lipinski definition) is 3. The zero-order valence-electron chi connectivity index (χ0n) is 14.3. The molecule has 5 unspecified atom stereocenters. The largest absolute Gasteiger partial charge is 0.390 e. The second-order valence-electron chi connectivity index (χ2n) is 8.16. The molecule has 0 saturated heterocycles. The monoisotopic (exact) mass is 296 g/mol. The molecular weight excluding hydrogens is 264 g/mol. The third-order valence-electron chi connectivity index (χ3n) is 6.32. The number of carbonyl (C=O) groups excluding carboxylic acids is 1. The molecular formula is C18H32O3. The lowest BCUT2D eigenvalue weighted by molar-refractivity contribution is -0.132. The van der Waals surface area contributed by atoms with Crippen LogP contribution in [0.3, 0.4) is 0 Å². The molecule has 21 heavy (non-hydrogen) atoms. The Morgan fingerprint density at radius 2 is 2.05 bits per heavy atom. The number of Topliss-reactive ketones (excluding diaryl/α,β-unsaturated/α-hetero) is 1. The lowest BCUT2D eigenvalue weighted by atomic mass is 9.64. The first-order chi connectivity index (χ1) is 9.66. The van der Waals surface area contributed by atoms with Crippen LogP contribution in [-0.2, 0) is 9.53 Å². The zero-order valence-corrected chi connectivity index (χ0v) is 14.3. The summed E-state index contributed by atoms with van der Waals surface area (Å²) in [6.45, 7) is 10.7. The minimum absolute atomic E-state index is 0.109. The quantitative estimate of drug-likeness (QED) is 0.843. The minimum atomic E-state index is -0.706. The van der Waals surface area contributed by atoms with Crippen molar-refractivity contribution in [1.29, 1.82) is 0 Å². The molecule has 0 amide bonds. The minimum Gasteiger partial charge on any atom is -0.390 e. The van der Waals surface area contributed by atoms with Crippen LogP contribution in [0.4, 0.5) is 0 Å². The van der Waals surface area contributed by atoms with Gasteiger partial charge in [-0.05, 0) is 57.8 Å². The predicted octanol–water partition coefficient (Wildman–Crippen LogP) is 3.58. The Labute approximate surface area is 129 Å². The maximum Gasteiger partial charge on any atom is 0.136 e. The van der Waals surface area contributed by atoms with Gasteiger partial charge in [-0.15, -0.1) is 0 Å². The molecule has 0 aromatic heterocycles. The van der Waals surface area contributed by atoms with E-state index in [4.69, 9.17) is 4.74 Å². The van der Waals surface area contributed by atoms with Crippen molar-refractivity contribution >= 4 is 5.78 Å². The van der Waals surface area contributed by atoms with Crippen molar-refractivity contribution in [2.75, 3.05) is 6.61 Å². The third kappa shape index (κ3) is 3.34. The molecule has 122 valence electrons. The van der Waals surface area contributed by atoms with Crippen molar-refractivity contribution in [2.24, 2.45) is 23.2 Å². The second kappa shape index (κ2) is 6.00. The number of rotatable bonds is 5. The van der Waals surface area contributed by atoms with Crippen molar-refractivity contribution in [3.8, 4) is 0 Å². The van der Waals surface area contributed by atoms with Crippen LogP contribution in [0, 0.1) is 23.2 Å². The molecule has 0 bridgehead atoms. The van der Waals surface area contributed by atoms with Crippen LogP contribution in [0.25, 0.3) is 0 Å². The van der Waals surface area contributed by atoms with Crippen LogP contribution in [0.2, 0.25) is 0 Å². The third-order valence-corrected chi connectivity index (χ3v) is 6.32. The Morgan fingerprint density at radius 3 is 2.67 bits per heavy atom. The van der Waals surface area contributed by atoms with E-state index in [1.54, 1.807) is 0 Å². The summed E-state index contributed by atoms with van der Waals surface area (Å²) in [5.74, 6) is 1.32. The maximum absolute atomic E-state index is 12.2. The zero-order chi connectivity index (χ0) is 15.8. The molecule has 2 aliphatic rings. The fourth-order valence-corrected chi connectivity index (χ4v) is 4.36. The lowest BCUT2D eigenvalue weighted by Crippen LogP contribution is -2.42. The number of hydrogen-bond donors (Lipinski definition) is 1. The van der Waals surface area contributed by atoms with E-state index < -0.39 is 5.60 Å². The van der Waals surface area contributed by atoms with Gasteiger partial charge in [0.05, 0.1) is 18.3 Å². The van der Waals surface area contributed by atoms with Crippen LogP contribution in [0.1, 0.15) is 66.7 Å². The van der Waals surface area contributed by atoms with E-state index in [0.29, 0.717) is 18.3 Å². The fraction of sp³-hybridized carbons (Fsp3) is 0.944. The summed E-state index contributed by atoms with van der Waals surface area (Å²) < 4.78 is 6.09. The highest BCUT2D eigenvalue weighted by molar-refractivity contribution is 5.83. The van der Waals surface area contributed by atoms with E-state index in [1.807, 2.05) is 20.8 Å². The van der Waals surface area contributed by atoms with E-state index in [2.05, 4.69) is 13.8 Å². The number of carbonyl (C=O) groups is 1. The van der Waals surface area contributed by atoms with Crippen LogP contribution in [-0.4, -0.2) is 29.2 Å². The topological polar surface area (TPSA) is 46.5 Å². The van der Waals surface area contributed by atoms with E-state index in [1.165, 1.54) is 0 Å². The van der Waals surface area contributed by atoms with E-state index in [9.17, 15) is 9.90 Å². The predicted molar refractivity (Wildman–Crippen MR) is 84.1 cm³/mol. The van der Waals surface area contributed by atoms with Gasteiger partial charge in [-0.2, -0.15) is 0 Å². The van der Waals surface area contributed by atoms with Gasteiger partial charge < -0.3 is 9.84 Å². The smallest absolute Gasteiger partial charge is 0.136 e. The normalized spacial score (nSPS) is 36.4. The molecule has 0 aliphatic heterocycles. The molecule has 0 aromatic carbocycles. The molecule has 2 saturated carbocycles. The summed E-state index contributed by atoms with van der Waals surface area (Å²) in [6.07, 6.45) is 5.27. The molecule has 3 heteroatoms. The van der Waals surface area contributed by atoms with Crippen LogP contribution in [0.15, 0.2) is 0 Å². The molecule has 2 aliphatic carbocycles. The average Bonchev–Trinajstić information content (AvgIpc) is 2.73. The summed E-state index contributed by atoms with van der Waals surface area (Å²) in [5, 5.41) is 10.0. The van der Waals surface area contributed by atoms with E-state index >= 15 is 0 Å². The van der Waals surface area contributed by atoms with Crippen LogP contribution < -0.4 is 0 Å². The number of fused-ring (bicyclic) bond motifs is 1. The van der Waals surface area contributed by atoms with Crippen molar-refractivity contribution in [2.45, 2.75) is 78.4 Å². The fourth-order valence-electron chi connectivity index (χ4n) is 4.36. The van der Waals surface area contributed by atoms with Gasteiger partial charge in [0.2, 0.25) is 0 Å². The lowest BCUT2D eigenvalue weighted by Gasteiger charge is -2.42. The van der Waals surface area contributed by atoms with Gasteiger partial charge in [-0.25, -0.2) is 0 Å². The molecule has 5 atom stereocenters. The van der Waals surface area contributed by atoms with Crippen LogP contribution >= 0.6 is 0 Å². The van der Waals surface area contributed by atoms with Gasteiger partial charge in [0.1, 0.15) is 5.78 Å². The Balaban J connectivity index is 1.97. The van der Waals surface area contributed by atoms with Crippen molar-refractivity contribution < 1.29 is 14.6 Å². The van der Waals surface area contributed by atoms with Crippen molar-refractivity contribution in [3.63, 3.8) is 0 Å². The second-order valence-corrected chi connectivity index (χ2v) is 8.16. The first-order valence-electron chi connectivity index (χ1n) is 8.53. The Hall–Kier alpha value is -0.410. The van der Waals surface area contributed by atoms with Crippen molar-refractivity contribution in [1.82, 2.24) is 0 Å². The van der Waals surface area contributed by atoms with E-state index in [-0.39, 0.29) is 23.4 Å². The summed E-state index contributed by atoms with van der Waals surface area (Å²) in [4.78, 5) is 12.2. The number of ketones is 1. The first-order valence-corrected chi connectivity index (χ1v) is 8.53.